The van der Waals surface area contributed by atoms with Gasteiger partial charge >= 0.3 is 0 Å². The Bertz CT molecular complexity index is 174. The number of hydrogen-bond donors (Lipinski definition) is 0. The summed E-state index contributed by atoms with van der Waals surface area (Å²) >= 11 is 2.48. The number of rotatable bonds is 2. The highest BCUT2D eigenvalue weighted by Gasteiger charge is 2.33. The van der Waals surface area contributed by atoms with Crippen LogP contribution in [0.2, 0.25) is 0 Å². The SMILES string of the molecule is CC1CN2CCCC2CN1CCI. The van der Waals surface area contributed by atoms with Crippen LogP contribution < -0.4 is 0 Å². The molecule has 2 aliphatic rings. The van der Waals surface area contributed by atoms with Gasteiger partial charge in [-0.25, -0.2) is 0 Å². The molecule has 2 heterocycles. The van der Waals surface area contributed by atoms with Crippen molar-refractivity contribution < 1.29 is 0 Å². The van der Waals surface area contributed by atoms with Crippen molar-refractivity contribution in [1.29, 1.82) is 0 Å². The van der Waals surface area contributed by atoms with Crippen LogP contribution in [0.1, 0.15) is 19.8 Å². The lowest BCUT2D eigenvalue weighted by molar-refractivity contribution is 0.0650. The highest BCUT2D eigenvalue weighted by Crippen LogP contribution is 2.24. The molecule has 3 heteroatoms. The molecule has 0 saturated carbocycles. The fourth-order valence-corrected chi connectivity index (χ4v) is 3.29. The van der Waals surface area contributed by atoms with E-state index in [-0.39, 0.29) is 0 Å². The first-order valence-electron chi connectivity index (χ1n) is 5.35. The van der Waals surface area contributed by atoms with Crippen LogP contribution in [0.4, 0.5) is 0 Å². The maximum atomic E-state index is 2.69. The van der Waals surface area contributed by atoms with Crippen molar-refractivity contribution in [3.63, 3.8) is 0 Å². The lowest BCUT2D eigenvalue weighted by Gasteiger charge is -2.42. The molecule has 2 rings (SSSR count). The molecular weight excluding hydrogens is 275 g/mol. The Balaban J connectivity index is 1.93. The Morgan fingerprint density at radius 2 is 2.23 bits per heavy atom. The quantitative estimate of drug-likeness (QED) is 0.564. The molecule has 2 saturated heterocycles. The summed E-state index contributed by atoms with van der Waals surface area (Å²) in [6, 6.07) is 1.67. The van der Waals surface area contributed by atoms with E-state index in [1.165, 1.54) is 43.4 Å². The number of hydrogen-bond acceptors (Lipinski definition) is 2. The van der Waals surface area contributed by atoms with Crippen LogP contribution >= 0.6 is 22.6 Å². The maximum absolute atomic E-state index is 2.69. The molecule has 2 atom stereocenters. The molecule has 76 valence electrons. The van der Waals surface area contributed by atoms with Crippen molar-refractivity contribution in [3.05, 3.63) is 0 Å². The predicted octanol–water partition coefficient (Wildman–Crippen LogP) is 1.59. The van der Waals surface area contributed by atoms with Crippen LogP contribution in [-0.4, -0.2) is 52.5 Å². The van der Waals surface area contributed by atoms with E-state index in [2.05, 4.69) is 39.3 Å². The number of alkyl halides is 1. The van der Waals surface area contributed by atoms with Crippen molar-refractivity contribution in [2.75, 3.05) is 30.6 Å². The Labute approximate surface area is 94.8 Å². The first kappa shape index (κ1) is 10.2. The molecule has 2 nitrogen and oxygen atoms in total. The molecule has 2 fully saturated rings. The number of fused-ring (bicyclic) bond motifs is 1. The summed E-state index contributed by atoms with van der Waals surface area (Å²) < 4.78 is 1.27. The minimum atomic E-state index is 0.782. The van der Waals surface area contributed by atoms with E-state index in [0.717, 1.165) is 12.1 Å². The molecule has 0 N–H and O–H groups in total. The van der Waals surface area contributed by atoms with E-state index in [4.69, 9.17) is 0 Å². The monoisotopic (exact) mass is 294 g/mol. The second-order valence-corrected chi connectivity index (χ2v) is 5.40. The van der Waals surface area contributed by atoms with E-state index in [1.807, 2.05) is 0 Å². The van der Waals surface area contributed by atoms with E-state index >= 15 is 0 Å². The van der Waals surface area contributed by atoms with Gasteiger partial charge in [-0.1, -0.05) is 22.6 Å². The Kier molecular flexibility index (Phi) is 3.48. The summed E-state index contributed by atoms with van der Waals surface area (Å²) in [6.07, 6.45) is 2.86. The first-order valence-corrected chi connectivity index (χ1v) is 6.88. The zero-order valence-corrected chi connectivity index (χ0v) is 10.5. The zero-order chi connectivity index (χ0) is 9.26. The van der Waals surface area contributed by atoms with Gasteiger partial charge in [0.2, 0.25) is 0 Å². The zero-order valence-electron chi connectivity index (χ0n) is 8.38. The molecule has 0 bridgehead atoms. The summed E-state index contributed by atoms with van der Waals surface area (Å²) in [6.45, 7) is 7.64. The minimum Gasteiger partial charge on any atom is -0.298 e. The van der Waals surface area contributed by atoms with Crippen molar-refractivity contribution in [2.45, 2.75) is 31.8 Å². The highest BCUT2D eigenvalue weighted by molar-refractivity contribution is 14.1. The van der Waals surface area contributed by atoms with Gasteiger partial charge in [-0.15, -0.1) is 0 Å². The second-order valence-electron chi connectivity index (χ2n) is 4.32. The molecule has 0 aromatic heterocycles. The van der Waals surface area contributed by atoms with Gasteiger partial charge in [-0.2, -0.15) is 0 Å². The largest absolute Gasteiger partial charge is 0.298 e. The Morgan fingerprint density at radius 1 is 1.38 bits per heavy atom. The lowest BCUT2D eigenvalue weighted by atomic mass is 10.1. The van der Waals surface area contributed by atoms with Crippen LogP contribution in [0.3, 0.4) is 0 Å². The van der Waals surface area contributed by atoms with Crippen LogP contribution in [0.5, 0.6) is 0 Å². The van der Waals surface area contributed by atoms with Crippen molar-refractivity contribution in [2.24, 2.45) is 0 Å². The standard InChI is InChI=1S/C10H19IN2/c1-9-7-13-5-2-3-10(13)8-12(9)6-4-11/h9-10H,2-8H2,1H3. The van der Waals surface area contributed by atoms with Gasteiger partial charge in [0.05, 0.1) is 0 Å². The van der Waals surface area contributed by atoms with E-state index < -0.39 is 0 Å². The fourth-order valence-electron chi connectivity index (χ4n) is 2.67. The van der Waals surface area contributed by atoms with Gasteiger partial charge in [0.1, 0.15) is 0 Å². The third-order valence-corrected chi connectivity index (χ3v) is 3.92. The maximum Gasteiger partial charge on any atom is 0.0224 e. The minimum absolute atomic E-state index is 0.782. The van der Waals surface area contributed by atoms with Gasteiger partial charge in [-0.3, -0.25) is 9.80 Å². The van der Waals surface area contributed by atoms with Gasteiger partial charge in [0.25, 0.3) is 0 Å². The topological polar surface area (TPSA) is 6.48 Å². The summed E-state index contributed by atoms with van der Waals surface area (Å²) in [7, 11) is 0. The van der Waals surface area contributed by atoms with E-state index in [9.17, 15) is 0 Å². The van der Waals surface area contributed by atoms with Crippen molar-refractivity contribution >= 4 is 22.6 Å². The molecule has 0 radical (unpaired) electrons. The molecule has 0 spiro atoms. The second kappa shape index (κ2) is 4.45. The number of halogens is 1. The molecular formula is C10H19IN2. The fraction of sp³-hybridized carbons (Fsp3) is 1.00. The summed E-state index contributed by atoms with van der Waals surface area (Å²) in [5.74, 6) is 0. The van der Waals surface area contributed by atoms with Gasteiger partial charge < -0.3 is 0 Å². The molecule has 2 unspecified atom stereocenters. The molecule has 0 aliphatic carbocycles. The lowest BCUT2D eigenvalue weighted by Crippen LogP contribution is -2.55. The molecule has 2 aliphatic heterocycles. The summed E-state index contributed by atoms with van der Waals surface area (Å²) in [5.41, 5.74) is 0. The van der Waals surface area contributed by atoms with Crippen molar-refractivity contribution in [3.8, 4) is 0 Å². The van der Waals surface area contributed by atoms with Crippen LogP contribution in [0.25, 0.3) is 0 Å². The average molecular weight is 294 g/mol. The van der Waals surface area contributed by atoms with Crippen LogP contribution in [-0.2, 0) is 0 Å². The molecule has 13 heavy (non-hydrogen) atoms. The summed E-state index contributed by atoms with van der Waals surface area (Å²) in [5, 5.41) is 0. The van der Waals surface area contributed by atoms with Crippen LogP contribution in [0.15, 0.2) is 0 Å². The summed E-state index contributed by atoms with van der Waals surface area (Å²) in [4.78, 5) is 5.35. The highest BCUT2D eigenvalue weighted by atomic mass is 127. The molecule has 0 aromatic rings. The van der Waals surface area contributed by atoms with Gasteiger partial charge in [0, 0.05) is 36.1 Å². The third kappa shape index (κ3) is 2.18. The molecule has 0 amide bonds. The van der Waals surface area contributed by atoms with Crippen molar-refractivity contribution in [1.82, 2.24) is 9.80 Å². The number of nitrogens with zero attached hydrogens (tertiary/aromatic N) is 2. The predicted molar refractivity (Wildman–Crippen MR) is 64.5 cm³/mol. The van der Waals surface area contributed by atoms with Crippen LogP contribution in [0, 0.1) is 0 Å². The molecule has 0 aromatic carbocycles. The number of piperazine rings is 1. The van der Waals surface area contributed by atoms with Gasteiger partial charge in [0.15, 0.2) is 0 Å². The average Bonchev–Trinajstić information content (AvgIpc) is 2.52. The Hall–Kier alpha value is 0.650. The normalized spacial score (nSPS) is 36.5. The smallest absolute Gasteiger partial charge is 0.0224 e. The first-order chi connectivity index (χ1) is 6.31. The third-order valence-electron chi connectivity index (χ3n) is 3.44. The van der Waals surface area contributed by atoms with Gasteiger partial charge in [-0.05, 0) is 26.3 Å². The van der Waals surface area contributed by atoms with E-state index in [0.29, 0.717) is 0 Å². The van der Waals surface area contributed by atoms with E-state index in [1.54, 1.807) is 0 Å². The Morgan fingerprint density at radius 3 is 3.00 bits per heavy atom.